The third-order valence-corrected chi connectivity index (χ3v) is 4.73. The molecule has 106 valence electrons. The second kappa shape index (κ2) is 6.56. The smallest absolute Gasteiger partial charge is 0.225 e. The van der Waals surface area contributed by atoms with E-state index in [2.05, 4.69) is 5.32 Å². The van der Waals surface area contributed by atoms with Gasteiger partial charge in [-0.25, -0.2) is 12.7 Å². The van der Waals surface area contributed by atoms with E-state index in [0.717, 1.165) is 4.31 Å². The summed E-state index contributed by atoms with van der Waals surface area (Å²) >= 11 is 11.6. The van der Waals surface area contributed by atoms with Gasteiger partial charge in [0.05, 0.1) is 16.5 Å². The Labute approximate surface area is 122 Å². The van der Waals surface area contributed by atoms with Gasteiger partial charge in [0.2, 0.25) is 15.9 Å². The number of halogens is 2. The Kier molecular flexibility index (Phi) is 5.61. The van der Waals surface area contributed by atoms with Gasteiger partial charge < -0.3 is 5.32 Å². The SMILES string of the molecule is CN(C)S(=O)(=O)CCC(=O)Nc1ccc(Cl)cc1Cl. The van der Waals surface area contributed by atoms with Crippen molar-refractivity contribution in [3.05, 3.63) is 28.2 Å². The number of carbonyl (C=O) groups excluding carboxylic acids is 1. The molecule has 0 spiro atoms. The van der Waals surface area contributed by atoms with Gasteiger partial charge in [0.25, 0.3) is 0 Å². The third-order valence-electron chi connectivity index (χ3n) is 2.35. The van der Waals surface area contributed by atoms with Crippen LogP contribution in [0.25, 0.3) is 0 Å². The molecule has 1 rings (SSSR count). The summed E-state index contributed by atoms with van der Waals surface area (Å²) in [5, 5.41) is 3.30. The first kappa shape index (κ1) is 16.2. The summed E-state index contributed by atoms with van der Waals surface area (Å²) in [6.07, 6.45) is -0.139. The Hall–Kier alpha value is -0.820. The molecule has 1 N–H and O–H groups in total. The largest absolute Gasteiger partial charge is 0.325 e. The van der Waals surface area contributed by atoms with Gasteiger partial charge in [0, 0.05) is 25.5 Å². The Morgan fingerprint density at radius 3 is 2.47 bits per heavy atom. The van der Waals surface area contributed by atoms with E-state index in [4.69, 9.17) is 23.2 Å². The Bertz CT molecular complexity index is 573. The maximum Gasteiger partial charge on any atom is 0.225 e. The minimum Gasteiger partial charge on any atom is -0.325 e. The number of carbonyl (C=O) groups is 1. The molecule has 8 heteroatoms. The van der Waals surface area contributed by atoms with Gasteiger partial charge in [-0.05, 0) is 18.2 Å². The van der Waals surface area contributed by atoms with Gasteiger partial charge in [-0.3, -0.25) is 4.79 Å². The summed E-state index contributed by atoms with van der Waals surface area (Å²) in [5.41, 5.74) is 0.401. The fourth-order valence-corrected chi connectivity index (χ4v) is 2.47. The monoisotopic (exact) mass is 324 g/mol. The molecule has 0 heterocycles. The molecule has 0 fully saturated rings. The van der Waals surface area contributed by atoms with Crippen LogP contribution in [-0.4, -0.2) is 38.5 Å². The third kappa shape index (κ3) is 4.99. The predicted molar refractivity (Wildman–Crippen MR) is 77.2 cm³/mol. The van der Waals surface area contributed by atoms with Crippen LogP contribution >= 0.6 is 23.2 Å². The summed E-state index contributed by atoms with van der Waals surface area (Å²) in [7, 11) is -0.544. The highest BCUT2D eigenvalue weighted by Gasteiger charge is 2.16. The Morgan fingerprint density at radius 2 is 1.95 bits per heavy atom. The van der Waals surface area contributed by atoms with Gasteiger partial charge >= 0.3 is 0 Å². The maximum absolute atomic E-state index is 11.6. The van der Waals surface area contributed by atoms with Crippen LogP contribution in [0.15, 0.2) is 18.2 Å². The molecular formula is C11H14Cl2N2O3S. The molecule has 0 saturated heterocycles. The van der Waals surface area contributed by atoms with Crippen molar-refractivity contribution >= 4 is 44.8 Å². The van der Waals surface area contributed by atoms with Crippen LogP contribution in [0.4, 0.5) is 5.69 Å². The second-order valence-electron chi connectivity index (χ2n) is 4.02. The molecule has 0 aromatic heterocycles. The molecule has 5 nitrogen and oxygen atoms in total. The lowest BCUT2D eigenvalue weighted by atomic mass is 10.3. The van der Waals surface area contributed by atoms with Gasteiger partial charge in [-0.15, -0.1) is 0 Å². The van der Waals surface area contributed by atoms with Crippen molar-refractivity contribution in [2.24, 2.45) is 0 Å². The number of sulfonamides is 1. The van der Waals surface area contributed by atoms with Crippen molar-refractivity contribution in [2.75, 3.05) is 25.2 Å². The van der Waals surface area contributed by atoms with Crippen LogP contribution in [-0.2, 0) is 14.8 Å². The summed E-state index contributed by atoms with van der Waals surface area (Å²) in [4.78, 5) is 11.6. The van der Waals surface area contributed by atoms with Crippen molar-refractivity contribution in [3.63, 3.8) is 0 Å². The summed E-state index contributed by atoms with van der Waals surface area (Å²) in [5.74, 6) is -0.675. The first-order valence-electron chi connectivity index (χ1n) is 5.37. The fraction of sp³-hybridized carbons (Fsp3) is 0.364. The van der Waals surface area contributed by atoms with Gasteiger partial charge in [0.15, 0.2) is 0 Å². The highest BCUT2D eigenvalue weighted by atomic mass is 35.5. The minimum absolute atomic E-state index is 0.139. The highest BCUT2D eigenvalue weighted by Crippen LogP contribution is 2.25. The number of hydrogen-bond acceptors (Lipinski definition) is 3. The first-order valence-corrected chi connectivity index (χ1v) is 7.74. The fourth-order valence-electron chi connectivity index (χ4n) is 1.21. The van der Waals surface area contributed by atoms with Gasteiger partial charge in [-0.1, -0.05) is 23.2 Å². The van der Waals surface area contributed by atoms with Crippen LogP contribution < -0.4 is 5.32 Å². The van der Waals surface area contributed by atoms with Crippen molar-refractivity contribution in [3.8, 4) is 0 Å². The molecule has 0 aliphatic carbocycles. The van der Waals surface area contributed by atoms with Crippen molar-refractivity contribution in [1.29, 1.82) is 0 Å². The molecule has 0 bridgehead atoms. The maximum atomic E-state index is 11.6. The predicted octanol–water partition coefficient (Wildman–Crippen LogP) is 2.21. The summed E-state index contributed by atoms with van der Waals surface area (Å²) < 4.78 is 24.1. The molecule has 0 unspecified atom stereocenters. The number of nitrogens with one attached hydrogen (secondary N) is 1. The van der Waals surface area contributed by atoms with Crippen molar-refractivity contribution < 1.29 is 13.2 Å². The van der Waals surface area contributed by atoms with E-state index in [1.165, 1.54) is 20.2 Å². The number of anilines is 1. The number of nitrogens with zero attached hydrogens (tertiary/aromatic N) is 1. The van der Waals surface area contributed by atoms with Crippen LogP contribution in [0, 0.1) is 0 Å². The molecule has 1 aromatic carbocycles. The van der Waals surface area contributed by atoms with E-state index >= 15 is 0 Å². The Balaban J connectivity index is 2.62. The zero-order valence-electron chi connectivity index (χ0n) is 10.5. The number of benzene rings is 1. The Morgan fingerprint density at radius 1 is 1.32 bits per heavy atom. The highest BCUT2D eigenvalue weighted by molar-refractivity contribution is 7.89. The number of amides is 1. The molecule has 19 heavy (non-hydrogen) atoms. The van der Waals surface area contributed by atoms with E-state index in [1.54, 1.807) is 12.1 Å². The van der Waals surface area contributed by atoms with Gasteiger partial charge in [0.1, 0.15) is 0 Å². The van der Waals surface area contributed by atoms with Crippen LogP contribution in [0.5, 0.6) is 0 Å². The molecule has 0 saturated carbocycles. The zero-order chi connectivity index (χ0) is 14.6. The lowest BCUT2D eigenvalue weighted by molar-refractivity contribution is -0.115. The van der Waals surface area contributed by atoms with E-state index < -0.39 is 15.9 Å². The minimum atomic E-state index is -3.38. The van der Waals surface area contributed by atoms with E-state index in [-0.39, 0.29) is 12.2 Å². The average molecular weight is 325 g/mol. The average Bonchev–Trinajstić information content (AvgIpc) is 2.30. The van der Waals surface area contributed by atoms with E-state index in [9.17, 15) is 13.2 Å². The molecule has 0 atom stereocenters. The molecule has 0 aliphatic heterocycles. The lowest BCUT2D eigenvalue weighted by Crippen LogP contribution is -2.27. The quantitative estimate of drug-likeness (QED) is 0.903. The van der Waals surface area contributed by atoms with Gasteiger partial charge in [-0.2, -0.15) is 0 Å². The molecule has 0 radical (unpaired) electrons. The van der Waals surface area contributed by atoms with Crippen LogP contribution in [0.1, 0.15) is 6.42 Å². The molecule has 1 amide bonds. The lowest BCUT2D eigenvalue weighted by Gasteiger charge is -2.11. The van der Waals surface area contributed by atoms with Crippen LogP contribution in [0.3, 0.4) is 0 Å². The summed E-state index contributed by atoms with van der Waals surface area (Å²) in [6.45, 7) is 0. The summed E-state index contributed by atoms with van der Waals surface area (Å²) in [6, 6.07) is 4.64. The zero-order valence-corrected chi connectivity index (χ0v) is 12.8. The van der Waals surface area contributed by atoms with Crippen molar-refractivity contribution in [2.45, 2.75) is 6.42 Å². The number of rotatable bonds is 5. The topological polar surface area (TPSA) is 66.5 Å². The number of hydrogen-bond donors (Lipinski definition) is 1. The van der Waals surface area contributed by atoms with Crippen molar-refractivity contribution in [1.82, 2.24) is 4.31 Å². The second-order valence-corrected chi connectivity index (χ2v) is 7.17. The van der Waals surface area contributed by atoms with Crippen LogP contribution in [0.2, 0.25) is 10.0 Å². The normalized spacial score (nSPS) is 11.6. The van der Waals surface area contributed by atoms with E-state index in [1.807, 2.05) is 0 Å². The first-order chi connectivity index (χ1) is 8.72. The molecule has 1 aromatic rings. The van der Waals surface area contributed by atoms with E-state index in [0.29, 0.717) is 15.7 Å². The molecule has 0 aliphatic rings. The molecular weight excluding hydrogens is 311 g/mol. The standard InChI is InChI=1S/C11H14Cl2N2O3S/c1-15(2)19(17,18)6-5-11(16)14-10-4-3-8(12)7-9(10)13/h3-4,7H,5-6H2,1-2H3,(H,14,16).